The molecule has 0 amide bonds. The second kappa shape index (κ2) is 6.21. The number of nitrogens with zero attached hydrogens (tertiary/aromatic N) is 2. The minimum atomic E-state index is 0.156. The van der Waals surface area contributed by atoms with E-state index in [4.69, 9.17) is 0 Å². The number of ketones is 1. The van der Waals surface area contributed by atoms with Crippen molar-refractivity contribution >= 4 is 17.5 Å². The van der Waals surface area contributed by atoms with Gasteiger partial charge in [-0.3, -0.25) is 4.79 Å². The summed E-state index contributed by atoms with van der Waals surface area (Å²) in [5.74, 6) is 2.95. The van der Waals surface area contributed by atoms with Crippen LogP contribution in [0.25, 0.3) is 0 Å². The van der Waals surface area contributed by atoms with Crippen molar-refractivity contribution in [1.82, 2.24) is 14.9 Å². The van der Waals surface area contributed by atoms with Crippen molar-refractivity contribution in [3.05, 3.63) is 18.2 Å². The number of carbonyl (C=O) groups excluding carboxylic acids is 1. The van der Waals surface area contributed by atoms with Crippen molar-refractivity contribution in [2.75, 3.05) is 18.1 Å². The Bertz CT molecular complexity index is 372. The van der Waals surface area contributed by atoms with E-state index in [0.717, 1.165) is 31.0 Å². The minimum absolute atomic E-state index is 0.156. The molecule has 0 spiro atoms. The average Bonchev–Trinajstić information content (AvgIpc) is 2.79. The second-order valence-electron chi connectivity index (χ2n) is 4.30. The number of carbonyl (C=O) groups is 1. The molecular weight excluding hydrogens is 234 g/mol. The third kappa shape index (κ3) is 3.33. The Kier molecular flexibility index (Phi) is 4.62. The third-order valence-electron chi connectivity index (χ3n) is 2.86. The van der Waals surface area contributed by atoms with Gasteiger partial charge >= 0.3 is 0 Å². The van der Waals surface area contributed by atoms with E-state index in [2.05, 4.69) is 17.2 Å². The molecule has 1 fully saturated rings. The van der Waals surface area contributed by atoms with Gasteiger partial charge in [-0.25, -0.2) is 4.98 Å². The Labute approximate surface area is 106 Å². The quantitative estimate of drug-likeness (QED) is 0.809. The molecule has 1 N–H and O–H groups in total. The van der Waals surface area contributed by atoms with E-state index >= 15 is 0 Å². The number of rotatable bonds is 5. The predicted octanol–water partition coefficient (Wildman–Crippen LogP) is 1.57. The average molecular weight is 253 g/mol. The van der Waals surface area contributed by atoms with Gasteiger partial charge in [-0.15, -0.1) is 0 Å². The van der Waals surface area contributed by atoms with Crippen LogP contribution in [-0.4, -0.2) is 39.4 Å². The van der Waals surface area contributed by atoms with Crippen molar-refractivity contribution < 1.29 is 4.79 Å². The van der Waals surface area contributed by atoms with Crippen LogP contribution in [0.2, 0.25) is 0 Å². The van der Waals surface area contributed by atoms with Gasteiger partial charge in [0.1, 0.15) is 0 Å². The Morgan fingerprint density at radius 3 is 3.29 bits per heavy atom. The molecular formula is C12H19N3OS. The maximum absolute atomic E-state index is 12.1. The van der Waals surface area contributed by atoms with Crippen LogP contribution in [0.15, 0.2) is 12.4 Å². The number of aryl methyl sites for hydroxylation is 1. The van der Waals surface area contributed by atoms with E-state index in [1.54, 1.807) is 6.20 Å². The maximum atomic E-state index is 12.1. The Morgan fingerprint density at radius 1 is 1.71 bits per heavy atom. The number of hydrogen-bond donors (Lipinski definition) is 1. The van der Waals surface area contributed by atoms with Gasteiger partial charge in [0.2, 0.25) is 0 Å². The molecule has 5 heteroatoms. The van der Waals surface area contributed by atoms with E-state index in [-0.39, 0.29) is 5.78 Å². The lowest BCUT2D eigenvalue weighted by atomic mass is 10.1. The molecule has 0 saturated carbocycles. The van der Waals surface area contributed by atoms with Crippen LogP contribution in [0.5, 0.6) is 0 Å². The lowest BCUT2D eigenvalue weighted by molar-refractivity contribution is 0.0957. The van der Waals surface area contributed by atoms with Crippen molar-refractivity contribution in [3.63, 3.8) is 0 Å². The van der Waals surface area contributed by atoms with Gasteiger partial charge in [-0.1, -0.05) is 6.92 Å². The SMILES string of the molecule is CCCn1ccnc1C(=O)CC1CSCCN1. The van der Waals surface area contributed by atoms with Crippen LogP contribution in [0, 0.1) is 0 Å². The van der Waals surface area contributed by atoms with Crippen molar-refractivity contribution in [2.45, 2.75) is 32.4 Å². The molecule has 94 valence electrons. The van der Waals surface area contributed by atoms with Crippen molar-refractivity contribution in [1.29, 1.82) is 0 Å². The summed E-state index contributed by atoms with van der Waals surface area (Å²) in [6.45, 7) is 3.98. The predicted molar refractivity (Wildman–Crippen MR) is 70.6 cm³/mol. The highest BCUT2D eigenvalue weighted by Crippen LogP contribution is 2.13. The van der Waals surface area contributed by atoms with E-state index in [1.807, 2.05) is 22.5 Å². The van der Waals surface area contributed by atoms with Gasteiger partial charge in [0, 0.05) is 49.5 Å². The largest absolute Gasteiger partial charge is 0.329 e. The molecule has 1 aliphatic rings. The molecule has 1 saturated heterocycles. The summed E-state index contributed by atoms with van der Waals surface area (Å²) in [6.07, 6.45) is 5.19. The first-order valence-electron chi connectivity index (χ1n) is 6.16. The van der Waals surface area contributed by atoms with Gasteiger partial charge < -0.3 is 9.88 Å². The van der Waals surface area contributed by atoms with Crippen LogP contribution in [0.3, 0.4) is 0 Å². The first-order chi connectivity index (χ1) is 8.31. The fourth-order valence-electron chi connectivity index (χ4n) is 2.05. The number of hydrogen-bond acceptors (Lipinski definition) is 4. The van der Waals surface area contributed by atoms with Gasteiger partial charge in [0.15, 0.2) is 11.6 Å². The molecule has 1 atom stereocenters. The number of nitrogens with one attached hydrogen (secondary N) is 1. The van der Waals surface area contributed by atoms with E-state index in [1.165, 1.54) is 0 Å². The third-order valence-corrected chi connectivity index (χ3v) is 3.99. The topological polar surface area (TPSA) is 46.9 Å². The van der Waals surface area contributed by atoms with E-state index in [0.29, 0.717) is 18.3 Å². The smallest absolute Gasteiger partial charge is 0.199 e. The van der Waals surface area contributed by atoms with Crippen LogP contribution in [0.1, 0.15) is 30.4 Å². The first kappa shape index (κ1) is 12.6. The van der Waals surface area contributed by atoms with Crippen molar-refractivity contribution in [2.24, 2.45) is 0 Å². The highest BCUT2D eigenvalue weighted by molar-refractivity contribution is 7.99. The molecule has 0 radical (unpaired) electrons. The number of imidazole rings is 1. The normalized spacial score (nSPS) is 20.4. The zero-order chi connectivity index (χ0) is 12.1. The lowest BCUT2D eigenvalue weighted by Crippen LogP contribution is -2.39. The molecule has 1 aliphatic heterocycles. The molecule has 4 nitrogen and oxygen atoms in total. The Balaban J connectivity index is 1.96. The molecule has 1 unspecified atom stereocenters. The number of aromatic nitrogens is 2. The van der Waals surface area contributed by atoms with Gasteiger partial charge in [0.25, 0.3) is 0 Å². The van der Waals surface area contributed by atoms with Crippen LogP contribution >= 0.6 is 11.8 Å². The molecule has 2 heterocycles. The number of Topliss-reactive ketones (excluding diaryl/α,β-unsaturated/α-hetero) is 1. The summed E-state index contributed by atoms with van der Waals surface area (Å²) in [4.78, 5) is 16.3. The summed E-state index contributed by atoms with van der Waals surface area (Å²) < 4.78 is 1.96. The summed E-state index contributed by atoms with van der Waals surface area (Å²) in [5, 5.41) is 3.38. The van der Waals surface area contributed by atoms with Gasteiger partial charge in [-0.05, 0) is 6.42 Å². The standard InChI is InChI=1S/C12H19N3OS/c1-2-5-15-6-3-14-12(15)11(16)8-10-9-17-7-4-13-10/h3,6,10,13H,2,4-5,7-9H2,1H3. The Morgan fingerprint density at radius 2 is 2.59 bits per heavy atom. The molecule has 0 aromatic carbocycles. The summed E-state index contributed by atoms with van der Waals surface area (Å²) >= 11 is 1.91. The van der Waals surface area contributed by atoms with E-state index in [9.17, 15) is 4.79 Å². The molecule has 1 aromatic heterocycles. The van der Waals surface area contributed by atoms with Crippen LogP contribution < -0.4 is 5.32 Å². The number of thioether (sulfide) groups is 1. The fraction of sp³-hybridized carbons (Fsp3) is 0.667. The zero-order valence-electron chi connectivity index (χ0n) is 10.2. The highest BCUT2D eigenvalue weighted by atomic mass is 32.2. The molecule has 17 heavy (non-hydrogen) atoms. The molecule has 0 bridgehead atoms. The lowest BCUT2D eigenvalue weighted by Gasteiger charge is -2.22. The minimum Gasteiger partial charge on any atom is -0.329 e. The van der Waals surface area contributed by atoms with Gasteiger partial charge in [0.05, 0.1) is 0 Å². The molecule has 1 aromatic rings. The van der Waals surface area contributed by atoms with E-state index < -0.39 is 0 Å². The summed E-state index contributed by atoms with van der Waals surface area (Å²) in [5.41, 5.74) is 0. The summed E-state index contributed by atoms with van der Waals surface area (Å²) in [6, 6.07) is 0.313. The maximum Gasteiger partial charge on any atom is 0.199 e. The highest BCUT2D eigenvalue weighted by Gasteiger charge is 2.20. The van der Waals surface area contributed by atoms with Crippen molar-refractivity contribution in [3.8, 4) is 0 Å². The monoisotopic (exact) mass is 253 g/mol. The first-order valence-corrected chi connectivity index (χ1v) is 7.32. The Hall–Kier alpha value is -0.810. The summed E-state index contributed by atoms with van der Waals surface area (Å²) in [7, 11) is 0. The molecule has 2 rings (SSSR count). The van der Waals surface area contributed by atoms with Crippen LogP contribution in [0.4, 0.5) is 0 Å². The van der Waals surface area contributed by atoms with Gasteiger partial charge in [-0.2, -0.15) is 11.8 Å². The second-order valence-corrected chi connectivity index (χ2v) is 5.45. The van der Waals surface area contributed by atoms with Crippen LogP contribution in [-0.2, 0) is 6.54 Å². The fourth-order valence-corrected chi connectivity index (χ4v) is 3.00. The molecule has 0 aliphatic carbocycles. The zero-order valence-corrected chi connectivity index (χ0v) is 11.0.